The predicted molar refractivity (Wildman–Crippen MR) is 113 cm³/mol. The van der Waals surface area contributed by atoms with Crippen LogP contribution in [0.25, 0.3) is 0 Å². The first-order chi connectivity index (χ1) is 14.2. The summed E-state index contributed by atoms with van der Waals surface area (Å²) in [6, 6.07) is 11.1. The molecule has 0 spiro atoms. The fourth-order valence-electron chi connectivity index (χ4n) is 3.40. The molecule has 3 rings (SSSR count). The molecule has 1 saturated heterocycles. The third kappa shape index (κ3) is 4.97. The van der Waals surface area contributed by atoms with Gasteiger partial charge in [0.15, 0.2) is 0 Å². The number of hydrogen-bond acceptors (Lipinski definition) is 5. The molecule has 0 radical (unpaired) electrons. The van der Waals surface area contributed by atoms with Gasteiger partial charge >= 0.3 is 0 Å². The summed E-state index contributed by atoms with van der Waals surface area (Å²) >= 11 is 5.96. The average Bonchev–Trinajstić information content (AvgIpc) is 2.72. The molecule has 1 fully saturated rings. The first-order valence-electron chi connectivity index (χ1n) is 9.46. The summed E-state index contributed by atoms with van der Waals surface area (Å²) in [6.45, 7) is 2.45. The van der Waals surface area contributed by atoms with Crippen molar-refractivity contribution in [2.45, 2.75) is 24.7 Å². The topological polar surface area (TPSA) is 101 Å². The molecule has 0 atom stereocenters. The molecular weight excluding hydrogens is 430 g/mol. The molecule has 0 unspecified atom stereocenters. The zero-order chi connectivity index (χ0) is 21.9. The van der Waals surface area contributed by atoms with Crippen LogP contribution >= 0.6 is 11.6 Å². The number of non-ortho nitro benzene ring substituents is 1. The second-order valence-corrected chi connectivity index (χ2v) is 9.46. The lowest BCUT2D eigenvalue weighted by molar-refractivity contribution is -0.385. The standard InChI is InChI=1S/C20H22ClN3O5S/c1-15-5-7-18(24(26)27)14-19(15)30(28,29)23-11-9-22(10-12-23)20(25)8-6-16-3-2-4-17(21)13-16/h2-5,7,13-14H,6,8-12H2,1H3. The summed E-state index contributed by atoms with van der Waals surface area (Å²) < 4.78 is 27.3. The van der Waals surface area contributed by atoms with Crippen LogP contribution in [0.3, 0.4) is 0 Å². The zero-order valence-corrected chi connectivity index (χ0v) is 18.0. The van der Waals surface area contributed by atoms with Crippen LogP contribution in [0.15, 0.2) is 47.4 Å². The highest BCUT2D eigenvalue weighted by molar-refractivity contribution is 7.89. The van der Waals surface area contributed by atoms with Gasteiger partial charge < -0.3 is 4.90 Å². The zero-order valence-electron chi connectivity index (χ0n) is 16.5. The summed E-state index contributed by atoms with van der Waals surface area (Å²) in [5.74, 6) is -0.0430. The molecule has 10 heteroatoms. The summed E-state index contributed by atoms with van der Waals surface area (Å²) in [5.41, 5.74) is 1.15. The molecule has 160 valence electrons. The predicted octanol–water partition coefficient (Wildman–Crippen LogP) is 3.02. The Balaban J connectivity index is 1.62. The Bertz CT molecular complexity index is 1070. The number of sulfonamides is 1. The molecule has 8 nitrogen and oxygen atoms in total. The second-order valence-electron chi connectivity index (χ2n) is 7.12. The average molecular weight is 452 g/mol. The van der Waals surface area contributed by atoms with Crippen molar-refractivity contribution in [3.8, 4) is 0 Å². The molecule has 0 aliphatic carbocycles. The van der Waals surface area contributed by atoms with Crippen molar-refractivity contribution in [3.05, 3.63) is 68.7 Å². The van der Waals surface area contributed by atoms with E-state index in [-0.39, 0.29) is 42.7 Å². The van der Waals surface area contributed by atoms with E-state index in [0.717, 1.165) is 11.6 Å². The third-order valence-electron chi connectivity index (χ3n) is 5.11. The van der Waals surface area contributed by atoms with Crippen LogP contribution in [0.4, 0.5) is 5.69 Å². The molecule has 1 aliphatic rings. The summed E-state index contributed by atoms with van der Waals surface area (Å²) in [4.78, 5) is 24.5. The molecule has 2 aromatic rings. The van der Waals surface area contributed by atoms with E-state index in [2.05, 4.69) is 0 Å². The van der Waals surface area contributed by atoms with Gasteiger partial charge in [0.1, 0.15) is 0 Å². The lowest BCUT2D eigenvalue weighted by atomic mass is 10.1. The highest BCUT2D eigenvalue weighted by Crippen LogP contribution is 2.25. The van der Waals surface area contributed by atoms with Gasteiger partial charge in [-0.15, -0.1) is 0 Å². The van der Waals surface area contributed by atoms with Crippen LogP contribution in [-0.4, -0.2) is 54.6 Å². The maximum absolute atomic E-state index is 13.0. The quantitative estimate of drug-likeness (QED) is 0.496. The van der Waals surface area contributed by atoms with Crippen molar-refractivity contribution in [2.75, 3.05) is 26.2 Å². The Morgan fingerprint density at radius 1 is 1.13 bits per heavy atom. The van der Waals surface area contributed by atoms with E-state index >= 15 is 0 Å². The maximum atomic E-state index is 13.0. The van der Waals surface area contributed by atoms with E-state index in [9.17, 15) is 23.3 Å². The molecular formula is C20H22ClN3O5S. The fraction of sp³-hybridized carbons (Fsp3) is 0.350. The number of rotatable bonds is 6. The summed E-state index contributed by atoms with van der Waals surface area (Å²) in [6.07, 6.45) is 0.877. The molecule has 0 bridgehead atoms. The normalized spacial score (nSPS) is 15.2. The van der Waals surface area contributed by atoms with E-state index in [4.69, 9.17) is 11.6 Å². The van der Waals surface area contributed by atoms with Crippen molar-refractivity contribution >= 4 is 33.2 Å². The van der Waals surface area contributed by atoms with Crippen molar-refractivity contribution in [3.63, 3.8) is 0 Å². The number of piperazine rings is 1. The van der Waals surface area contributed by atoms with Gasteiger partial charge in [0.2, 0.25) is 15.9 Å². The van der Waals surface area contributed by atoms with Gasteiger partial charge in [-0.1, -0.05) is 29.8 Å². The smallest absolute Gasteiger partial charge is 0.270 e. The third-order valence-corrected chi connectivity index (χ3v) is 7.38. The number of benzene rings is 2. The summed E-state index contributed by atoms with van der Waals surface area (Å²) in [7, 11) is -3.88. The van der Waals surface area contributed by atoms with Crippen molar-refractivity contribution in [1.82, 2.24) is 9.21 Å². The van der Waals surface area contributed by atoms with Crippen molar-refractivity contribution in [1.29, 1.82) is 0 Å². The van der Waals surface area contributed by atoms with Gasteiger partial charge in [-0.3, -0.25) is 14.9 Å². The Hall–Kier alpha value is -2.49. The highest BCUT2D eigenvalue weighted by atomic mass is 35.5. The SMILES string of the molecule is Cc1ccc([N+](=O)[O-])cc1S(=O)(=O)N1CCN(C(=O)CCc2cccc(Cl)c2)CC1. The van der Waals surface area contributed by atoms with Gasteiger partial charge in [-0.2, -0.15) is 4.31 Å². The van der Waals surface area contributed by atoms with E-state index in [0.29, 0.717) is 23.4 Å². The van der Waals surface area contributed by atoms with Crippen LogP contribution in [0.2, 0.25) is 5.02 Å². The van der Waals surface area contributed by atoms with E-state index in [1.54, 1.807) is 17.9 Å². The van der Waals surface area contributed by atoms with Crippen molar-refractivity contribution < 1.29 is 18.1 Å². The lowest BCUT2D eigenvalue weighted by Gasteiger charge is -2.34. The van der Waals surface area contributed by atoms with E-state index < -0.39 is 14.9 Å². The largest absolute Gasteiger partial charge is 0.340 e. The Labute approximate surface area is 180 Å². The van der Waals surface area contributed by atoms with Gasteiger partial charge in [0.25, 0.3) is 5.69 Å². The molecule has 30 heavy (non-hydrogen) atoms. The highest BCUT2D eigenvalue weighted by Gasteiger charge is 2.32. The number of amides is 1. The van der Waals surface area contributed by atoms with Crippen LogP contribution in [0.5, 0.6) is 0 Å². The Kier molecular flexibility index (Phi) is 6.74. The monoisotopic (exact) mass is 451 g/mol. The van der Waals surface area contributed by atoms with Gasteiger partial charge in [0, 0.05) is 49.8 Å². The number of halogens is 1. The first-order valence-corrected chi connectivity index (χ1v) is 11.3. The first kappa shape index (κ1) is 22.2. The molecule has 0 N–H and O–H groups in total. The molecule has 0 saturated carbocycles. The van der Waals surface area contributed by atoms with E-state index in [1.165, 1.54) is 16.4 Å². The fourth-order valence-corrected chi connectivity index (χ4v) is 5.28. The Morgan fingerprint density at radius 2 is 1.83 bits per heavy atom. The van der Waals surface area contributed by atoms with E-state index in [1.807, 2.05) is 18.2 Å². The number of carbonyl (C=O) groups excluding carboxylic acids is 1. The molecule has 1 aliphatic heterocycles. The minimum Gasteiger partial charge on any atom is -0.340 e. The number of nitro benzene ring substituents is 1. The van der Waals surface area contributed by atoms with Gasteiger partial charge in [-0.25, -0.2) is 8.42 Å². The molecule has 1 heterocycles. The van der Waals surface area contributed by atoms with Gasteiger partial charge in [-0.05, 0) is 36.6 Å². The minimum atomic E-state index is -3.88. The van der Waals surface area contributed by atoms with Gasteiger partial charge in [0.05, 0.1) is 9.82 Å². The number of hydrogen-bond donors (Lipinski definition) is 0. The lowest BCUT2D eigenvalue weighted by Crippen LogP contribution is -2.50. The molecule has 0 aromatic heterocycles. The second kappa shape index (κ2) is 9.11. The van der Waals surface area contributed by atoms with Crippen molar-refractivity contribution in [2.24, 2.45) is 0 Å². The van der Waals surface area contributed by atoms with Crippen LogP contribution in [-0.2, 0) is 21.2 Å². The van der Waals surface area contributed by atoms with Crippen LogP contribution in [0, 0.1) is 17.0 Å². The minimum absolute atomic E-state index is 0.0430. The molecule has 2 aromatic carbocycles. The number of nitrogens with zero attached hydrogens (tertiary/aromatic N) is 3. The number of carbonyl (C=O) groups is 1. The van der Waals surface area contributed by atoms with Crippen LogP contribution < -0.4 is 0 Å². The number of nitro groups is 1. The molecule has 1 amide bonds. The maximum Gasteiger partial charge on any atom is 0.270 e. The Morgan fingerprint density at radius 3 is 2.47 bits per heavy atom. The number of aryl methyl sites for hydroxylation is 2. The van der Waals surface area contributed by atoms with Crippen LogP contribution in [0.1, 0.15) is 17.5 Å². The summed E-state index contributed by atoms with van der Waals surface area (Å²) in [5, 5.41) is 11.6.